The topological polar surface area (TPSA) is 112 Å². The Morgan fingerprint density at radius 3 is 2.32 bits per heavy atom. The number of halogens is 4. The number of sulfone groups is 1. The van der Waals surface area contributed by atoms with E-state index in [1.807, 2.05) is 0 Å². The lowest BCUT2D eigenvalue weighted by Crippen LogP contribution is -2.42. The summed E-state index contributed by atoms with van der Waals surface area (Å²) < 4.78 is 73.7. The largest absolute Gasteiger partial charge is 0.444 e. The first-order valence-corrected chi connectivity index (χ1v) is 15.8. The number of nitrogens with zero attached hydrogens (tertiary/aromatic N) is 3. The molecule has 2 aromatic carbocycles. The Morgan fingerprint density at radius 2 is 1.80 bits per heavy atom. The zero-order chi connectivity index (χ0) is 30.6. The van der Waals surface area contributed by atoms with Crippen LogP contribution in [0.1, 0.15) is 39.2 Å². The number of carbonyl (C=O) groups excluding carboxylic acids is 1. The SMILES string of the molecule is CSC(=Nc1cc(Cl)c(-c2ccc(S(=O)(=O)CC3CCN(C(=O)OC(C)(C)C)CC3)cc2)c(C(F)(F)F)c1)NC#N. The number of ether oxygens (including phenoxy) is 1. The van der Waals surface area contributed by atoms with E-state index in [0.717, 1.165) is 17.8 Å². The standard InChI is InChI=1S/C27H30ClF3N4O4S2/c1-26(2,3)39-25(36)35-11-9-17(10-12-35)15-41(37,38)20-7-5-18(6-8-20)23-21(27(29,30)31)13-19(14-22(23)28)34-24(40-4)33-16-32/h5-8,13-14,17H,9-12,15H2,1-4H3,(H,33,34). The molecule has 41 heavy (non-hydrogen) atoms. The summed E-state index contributed by atoms with van der Waals surface area (Å²) in [6.45, 7) is 6.06. The number of carbonyl (C=O) groups is 1. The second kappa shape index (κ2) is 12.9. The summed E-state index contributed by atoms with van der Waals surface area (Å²) in [5.41, 5.74) is -2.00. The normalized spacial score (nSPS) is 15.4. The quantitative estimate of drug-likeness (QED) is 0.166. The van der Waals surface area contributed by atoms with Crippen LogP contribution in [-0.4, -0.2) is 55.3 Å². The number of piperidine rings is 1. The van der Waals surface area contributed by atoms with Crippen molar-refractivity contribution in [2.24, 2.45) is 10.9 Å². The summed E-state index contributed by atoms with van der Waals surface area (Å²) in [6.07, 6.45) is -0.984. The van der Waals surface area contributed by atoms with Crippen molar-refractivity contribution in [3.05, 3.63) is 47.0 Å². The van der Waals surface area contributed by atoms with Crippen molar-refractivity contribution in [3.8, 4) is 17.3 Å². The highest BCUT2D eigenvalue weighted by molar-refractivity contribution is 8.13. The lowest BCUT2D eigenvalue weighted by Gasteiger charge is -2.33. The number of alkyl halides is 3. The van der Waals surface area contributed by atoms with Crippen molar-refractivity contribution >= 4 is 50.1 Å². The van der Waals surface area contributed by atoms with E-state index < -0.39 is 33.3 Å². The van der Waals surface area contributed by atoms with Crippen LogP contribution in [0.4, 0.5) is 23.7 Å². The van der Waals surface area contributed by atoms with Crippen molar-refractivity contribution in [2.75, 3.05) is 25.1 Å². The van der Waals surface area contributed by atoms with E-state index >= 15 is 0 Å². The van der Waals surface area contributed by atoms with E-state index in [9.17, 15) is 26.4 Å². The van der Waals surface area contributed by atoms with Gasteiger partial charge in [0.1, 0.15) is 5.60 Å². The first kappa shape index (κ1) is 32.6. The lowest BCUT2D eigenvalue weighted by atomic mass is 9.98. The fraction of sp³-hybridized carbons (Fsp3) is 0.444. The number of amides is 1. The number of nitriles is 1. The number of benzene rings is 2. The molecule has 0 bridgehead atoms. The monoisotopic (exact) mass is 630 g/mol. The first-order valence-electron chi connectivity index (χ1n) is 12.5. The first-order chi connectivity index (χ1) is 19.0. The third-order valence-electron chi connectivity index (χ3n) is 6.19. The predicted octanol–water partition coefficient (Wildman–Crippen LogP) is 6.87. The van der Waals surface area contributed by atoms with Crippen LogP contribution in [0.15, 0.2) is 46.3 Å². The molecular weight excluding hydrogens is 601 g/mol. The van der Waals surface area contributed by atoms with Gasteiger partial charge in [-0.25, -0.2) is 18.2 Å². The Balaban J connectivity index is 1.80. The van der Waals surface area contributed by atoms with Gasteiger partial charge >= 0.3 is 12.3 Å². The van der Waals surface area contributed by atoms with Gasteiger partial charge in [0, 0.05) is 18.7 Å². The Morgan fingerprint density at radius 1 is 1.20 bits per heavy atom. The Labute approximate surface area is 246 Å². The molecule has 2 aromatic rings. The molecule has 1 saturated heterocycles. The molecule has 0 aliphatic carbocycles. The highest BCUT2D eigenvalue weighted by Gasteiger charge is 2.36. The number of likely N-dealkylation sites (tertiary alicyclic amines) is 1. The number of amidine groups is 1. The zero-order valence-electron chi connectivity index (χ0n) is 22.9. The third kappa shape index (κ3) is 8.77. The summed E-state index contributed by atoms with van der Waals surface area (Å²) in [5.74, 6) is -0.330. The second-order valence-electron chi connectivity index (χ2n) is 10.4. The van der Waals surface area contributed by atoms with E-state index in [4.69, 9.17) is 21.6 Å². The number of rotatable bonds is 5. The van der Waals surface area contributed by atoms with Gasteiger partial charge in [-0.05, 0) is 75.6 Å². The minimum atomic E-state index is -4.79. The fourth-order valence-electron chi connectivity index (χ4n) is 4.31. The molecular formula is C27H30ClF3N4O4S2. The molecule has 0 unspecified atom stereocenters. The van der Waals surface area contributed by atoms with Crippen LogP contribution < -0.4 is 5.32 Å². The maximum Gasteiger partial charge on any atom is 0.417 e. The Kier molecular flexibility index (Phi) is 10.3. The van der Waals surface area contributed by atoms with Gasteiger partial charge in [-0.3, -0.25) is 5.32 Å². The molecule has 1 amide bonds. The average molecular weight is 631 g/mol. The molecule has 1 aliphatic rings. The summed E-state index contributed by atoms with van der Waals surface area (Å²) in [6, 6.07) is 7.20. The molecule has 1 fully saturated rings. The van der Waals surface area contributed by atoms with E-state index in [1.165, 1.54) is 30.3 Å². The Bertz CT molecular complexity index is 1440. The molecule has 1 heterocycles. The highest BCUT2D eigenvalue weighted by atomic mass is 35.5. The van der Waals surface area contributed by atoms with Gasteiger partial charge < -0.3 is 9.64 Å². The van der Waals surface area contributed by atoms with Gasteiger partial charge in [0.25, 0.3) is 0 Å². The van der Waals surface area contributed by atoms with Gasteiger partial charge in [-0.15, -0.1) is 0 Å². The van der Waals surface area contributed by atoms with Gasteiger partial charge in [0.05, 0.1) is 26.9 Å². The predicted molar refractivity (Wildman–Crippen MR) is 154 cm³/mol. The average Bonchev–Trinajstić information content (AvgIpc) is 2.87. The summed E-state index contributed by atoms with van der Waals surface area (Å²) in [4.78, 5) is 17.8. The lowest BCUT2D eigenvalue weighted by molar-refractivity contribution is -0.137. The van der Waals surface area contributed by atoms with Crippen LogP contribution in [0.5, 0.6) is 0 Å². The van der Waals surface area contributed by atoms with Gasteiger partial charge in [0.15, 0.2) is 21.2 Å². The summed E-state index contributed by atoms with van der Waals surface area (Å²) >= 11 is 7.33. The van der Waals surface area contributed by atoms with Crippen molar-refractivity contribution in [1.82, 2.24) is 10.2 Å². The van der Waals surface area contributed by atoms with E-state index in [2.05, 4.69) is 10.3 Å². The molecule has 0 atom stereocenters. The molecule has 222 valence electrons. The van der Waals surface area contributed by atoms with Gasteiger partial charge in [-0.1, -0.05) is 35.5 Å². The van der Waals surface area contributed by atoms with Crippen LogP contribution in [0.3, 0.4) is 0 Å². The number of aliphatic imine (C=N–C) groups is 1. The summed E-state index contributed by atoms with van der Waals surface area (Å²) in [7, 11) is -3.75. The van der Waals surface area contributed by atoms with Crippen LogP contribution >= 0.6 is 23.4 Å². The molecule has 0 saturated carbocycles. The molecule has 0 aromatic heterocycles. The third-order valence-corrected chi connectivity index (χ3v) is 8.97. The number of hydrogen-bond acceptors (Lipinski definition) is 7. The molecule has 0 spiro atoms. The fourth-order valence-corrected chi connectivity index (χ4v) is 6.67. The maximum absolute atomic E-state index is 14.0. The van der Waals surface area contributed by atoms with Crippen molar-refractivity contribution in [1.29, 1.82) is 5.26 Å². The van der Waals surface area contributed by atoms with Gasteiger partial charge in [-0.2, -0.15) is 18.4 Å². The molecule has 1 aliphatic heterocycles. The molecule has 14 heteroatoms. The summed E-state index contributed by atoms with van der Waals surface area (Å²) in [5, 5.41) is 10.9. The smallest absolute Gasteiger partial charge is 0.417 e. The Hall–Kier alpha value is -2.95. The van der Waals surface area contributed by atoms with Crippen LogP contribution in [0, 0.1) is 17.4 Å². The minimum Gasteiger partial charge on any atom is -0.444 e. The van der Waals surface area contributed by atoms with Crippen LogP contribution in [0.2, 0.25) is 5.02 Å². The van der Waals surface area contributed by atoms with E-state index in [0.29, 0.717) is 25.9 Å². The van der Waals surface area contributed by atoms with E-state index in [1.54, 1.807) is 38.1 Å². The molecule has 8 nitrogen and oxygen atoms in total. The number of thioether (sulfide) groups is 1. The minimum absolute atomic E-state index is 0.0195. The van der Waals surface area contributed by atoms with E-state index in [-0.39, 0.29) is 43.6 Å². The highest BCUT2D eigenvalue weighted by Crippen LogP contribution is 2.43. The van der Waals surface area contributed by atoms with Crippen LogP contribution in [-0.2, 0) is 20.8 Å². The second-order valence-corrected chi connectivity index (χ2v) is 13.7. The molecule has 0 radical (unpaired) electrons. The van der Waals surface area contributed by atoms with Gasteiger partial charge in [0.2, 0.25) is 0 Å². The molecule has 3 rings (SSSR count). The van der Waals surface area contributed by atoms with Crippen molar-refractivity contribution in [3.63, 3.8) is 0 Å². The van der Waals surface area contributed by atoms with Crippen molar-refractivity contribution in [2.45, 2.75) is 50.3 Å². The molecule has 1 N–H and O–H groups in total. The van der Waals surface area contributed by atoms with Crippen molar-refractivity contribution < 1.29 is 31.1 Å². The van der Waals surface area contributed by atoms with Crippen LogP contribution in [0.25, 0.3) is 11.1 Å². The zero-order valence-corrected chi connectivity index (χ0v) is 25.3. The maximum atomic E-state index is 14.0. The number of hydrogen-bond donors (Lipinski definition) is 1. The number of nitrogens with one attached hydrogen (secondary N) is 1.